The lowest BCUT2D eigenvalue weighted by molar-refractivity contribution is -0.121. The number of amides is 3. The van der Waals surface area contributed by atoms with Gasteiger partial charge in [0.05, 0.1) is 25.1 Å². The number of nitrogens with one attached hydrogen (secondary N) is 2. The molecular formula is C19H20BrN3O4. The van der Waals surface area contributed by atoms with Crippen LogP contribution in [-0.4, -0.2) is 25.0 Å². The summed E-state index contributed by atoms with van der Waals surface area (Å²) >= 11 is 3.37. The van der Waals surface area contributed by atoms with Gasteiger partial charge in [0.1, 0.15) is 0 Å². The van der Waals surface area contributed by atoms with Crippen molar-refractivity contribution in [2.45, 2.75) is 19.0 Å². The number of esters is 1. The van der Waals surface area contributed by atoms with E-state index in [1.807, 2.05) is 24.3 Å². The first-order valence-electron chi connectivity index (χ1n) is 8.14. The van der Waals surface area contributed by atoms with Crippen LogP contribution >= 0.6 is 15.9 Å². The van der Waals surface area contributed by atoms with Crippen LogP contribution in [0.5, 0.6) is 0 Å². The van der Waals surface area contributed by atoms with Crippen molar-refractivity contribution in [3.8, 4) is 0 Å². The molecule has 0 heterocycles. The zero-order valence-electron chi connectivity index (χ0n) is 14.7. The highest BCUT2D eigenvalue weighted by molar-refractivity contribution is 9.10. The minimum atomic E-state index is -0.703. The molecule has 0 aliphatic rings. The van der Waals surface area contributed by atoms with Gasteiger partial charge in [0.25, 0.3) is 0 Å². The number of carbonyl (C=O) groups is 3. The lowest BCUT2D eigenvalue weighted by Gasteiger charge is -2.18. The Balaban J connectivity index is 1.97. The quantitative estimate of drug-likeness (QED) is 0.582. The number of carbonyl (C=O) groups excluding carboxylic acids is 3. The van der Waals surface area contributed by atoms with E-state index in [2.05, 4.69) is 31.3 Å². The van der Waals surface area contributed by atoms with E-state index in [-0.39, 0.29) is 12.3 Å². The Morgan fingerprint density at radius 2 is 1.85 bits per heavy atom. The van der Waals surface area contributed by atoms with Gasteiger partial charge >= 0.3 is 12.0 Å². The monoisotopic (exact) mass is 433 g/mol. The molecule has 7 nitrogen and oxygen atoms in total. The highest BCUT2D eigenvalue weighted by Gasteiger charge is 2.17. The number of nitrogens with two attached hydrogens (primary N) is 1. The second-order valence-electron chi connectivity index (χ2n) is 5.79. The third-order valence-electron chi connectivity index (χ3n) is 3.82. The molecule has 2 aromatic carbocycles. The molecule has 0 fully saturated rings. The molecule has 142 valence electrons. The van der Waals surface area contributed by atoms with Gasteiger partial charge < -0.3 is 21.1 Å². The van der Waals surface area contributed by atoms with Crippen molar-refractivity contribution in [1.29, 1.82) is 0 Å². The minimum absolute atomic E-state index is 0.0413. The highest BCUT2D eigenvalue weighted by Crippen LogP contribution is 2.21. The molecule has 1 atom stereocenters. The molecule has 2 rings (SSSR count). The standard InChI is InChI=1S/C19H20BrN3O4/c1-27-18(25)13-7-5-12(6-8-13)11-22-17(24)10-16(23-19(21)26)14-3-2-4-15(20)9-14/h2-9,16H,10-11H2,1H3,(H,22,24)(H3,21,23,26). The molecule has 27 heavy (non-hydrogen) atoms. The number of methoxy groups -OCH3 is 1. The molecule has 1 unspecified atom stereocenters. The Labute approximate surface area is 165 Å². The van der Waals surface area contributed by atoms with Gasteiger partial charge in [-0.2, -0.15) is 0 Å². The smallest absolute Gasteiger partial charge is 0.337 e. The fourth-order valence-electron chi connectivity index (χ4n) is 2.48. The molecule has 4 N–H and O–H groups in total. The Bertz CT molecular complexity index is 824. The summed E-state index contributed by atoms with van der Waals surface area (Å²) in [4.78, 5) is 35.0. The molecule has 0 aromatic heterocycles. The van der Waals surface area contributed by atoms with Crippen molar-refractivity contribution in [2.24, 2.45) is 5.73 Å². The fourth-order valence-corrected chi connectivity index (χ4v) is 2.90. The van der Waals surface area contributed by atoms with E-state index < -0.39 is 18.0 Å². The zero-order valence-corrected chi connectivity index (χ0v) is 16.3. The van der Waals surface area contributed by atoms with Crippen molar-refractivity contribution < 1.29 is 19.1 Å². The number of ether oxygens (including phenoxy) is 1. The van der Waals surface area contributed by atoms with E-state index in [0.29, 0.717) is 12.1 Å². The molecule has 0 spiro atoms. The van der Waals surface area contributed by atoms with Crippen LogP contribution in [0.1, 0.15) is 33.9 Å². The molecule has 2 aromatic rings. The maximum absolute atomic E-state index is 12.3. The van der Waals surface area contributed by atoms with Crippen LogP contribution in [0.4, 0.5) is 4.79 Å². The van der Waals surface area contributed by atoms with Crippen LogP contribution < -0.4 is 16.4 Å². The lowest BCUT2D eigenvalue weighted by Crippen LogP contribution is -2.36. The van der Waals surface area contributed by atoms with Crippen molar-refractivity contribution in [3.63, 3.8) is 0 Å². The van der Waals surface area contributed by atoms with Crippen molar-refractivity contribution >= 4 is 33.8 Å². The largest absolute Gasteiger partial charge is 0.465 e. The van der Waals surface area contributed by atoms with Crippen LogP contribution in [0.3, 0.4) is 0 Å². The Morgan fingerprint density at radius 3 is 2.44 bits per heavy atom. The Kier molecular flexibility index (Phi) is 7.36. The first-order valence-corrected chi connectivity index (χ1v) is 8.93. The highest BCUT2D eigenvalue weighted by atomic mass is 79.9. The van der Waals surface area contributed by atoms with Crippen LogP contribution in [0.25, 0.3) is 0 Å². The molecule has 0 bridgehead atoms. The topological polar surface area (TPSA) is 111 Å². The van der Waals surface area contributed by atoms with Crippen LogP contribution in [0.2, 0.25) is 0 Å². The molecule has 0 aliphatic carbocycles. The number of hydrogen-bond donors (Lipinski definition) is 3. The summed E-state index contributed by atoms with van der Waals surface area (Å²) < 4.78 is 5.48. The second kappa shape index (κ2) is 9.72. The van der Waals surface area contributed by atoms with Crippen molar-refractivity contribution in [3.05, 3.63) is 69.7 Å². The van der Waals surface area contributed by atoms with Gasteiger partial charge in [0.2, 0.25) is 5.91 Å². The maximum atomic E-state index is 12.3. The van der Waals surface area contributed by atoms with Gasteiger partial charge in [0, 0.05) is 11.0 Å². The zero-order chi connectivity index (χ0) is 19.8. The number of hydrogen-bond acceptors (Lipinski definition) is 4. The first-order chi connectivity index (χ1) is 12.9. The van der Waals surface area contributed by atoms with E-state index in [1.165, 1.54) is 7.11 Å². The van der Waals surface area contributed by atoms with E-state index in [4.69, 9.17) is 5.73 Å². The molecular weight excluding hydrogens is 414 g/mol. The van der Waals surface area contributed by atoms with Gasteiger partial charge in [-0.25, -0.2) is 9.59 Å². The van der Waals surface area contributed by atoms with Crippen LogP contribution in [-0.2, 0) is 16.1 Å². The number of primary amides is 1. The fraction of sp³-hybridized carbons (Fsp3) is 0.211. The third kappa shape index (κ3) is 6.41. The van der Waals surface area contributed by atoms with Gasteiger partial charge in [-0.15, -0.1) is 0 Å². The van der Waals surface area contributed by atoms with Gasteiger partial charge in [-0.1, -0.05) is 40.2 Å². The molecule has 0 saturated carbocycles. The number of halogens is 1. The minimum Gasteiger partial charge on any atom is -0.465 e. The molecule has 0 saturated heterocycles. The normalized spacial score (nSPS) is 11.3. The predicted octanol–water partition coefficient (Wildman–Crippen LogP) is 2.65. The SMILES string of the molecule is COC(=O)c1ccc(CNC(=O)CC(NC(N)=O)c2cccc(Br)c2)cc1. The Hall–Kier alpha value is -2.87. The van der Waals surface area contributed by atoms with Gasteiger partial charge in [-0.05, 0) is 35.4 Å². The average Bonchev–Trinajstić information content (AvgIpc) is 2.65. The molecule has 3 amide bonds. The average molecular weight is 434 g/mol. The van der Waals surface area contributed by atoms with E-state index in [9.17, 15) is 14.4 Å². The maximum Gasteiger partial charge on any atom is 0.337 e. The van der Waals surface area contributed by atoms with Crippen molar-refractivity contribution in [1.82, 2.24) is 10.6 Å². The van der Waals surface area contributed by atoms with Crippen LogP contribution in [0, 0.1) is 0 Å². The summed E-state index contributed by atoms with van der Waals surface area (Å²) in [5.41, 5.74) is 7.26. The first kappa shape index (κ1) is 20.4. The molecule has 0 radical (unpaired) electrons. The molecule has 0 aliphatic heterocycles. The van der Waals surface area contributed by atoms with Gasteiger partial charge in [0.15, 0.2) is 0 Å². The summed E-state index contributed by atoms with van der Waals surface area (Å²) in [6.45, 7) is 0.294. The Morgan fingerprint density at radius 1 is 1.15 bits per heavy atom. The summed E-state index contributed by atoms with van der Waals surface area (Å²) in [6.07, 6.45) is 0.0413. The summed E-state index contributed by atoms with van der Waals surface area (Å²) in [5.74, 6) is -0.661. The van der Waals surface area contributed by atoms with E-state index in [0.717, 1.165) is 15.6 Å². The van der Waals surface area contributed by atoms with Crippen molar-refractivity contribution in [2.75, 3.05) is 7.11 Å². The lowest BCUT2D eigenvalue weighted by atomic mass is 10.0. The summed E-state index contributed by atoms with van der Waals surface area (Å²) in [6, 6.07) is 12.8. The number of urea groups is 1. The summed E-state index contributed by atoms with van der Waals surface area (Å²) in [7, 11) is 1.32. The predicted molar refractivity (Wildman–Crippen MR) is 104 cm³/mol. The second-order valence-corrected chi connectivity index (χ2v) is 6.70. The van der Waals surface area contributed by atoms with E-state index in [1.54, 1.807) is 24.3 Å². The van der Waals surface area contributed by atoms with Gasteiger partial charge in [-0.3, -0.25) is 4.79 Å². The number of benzene rings is 2. The third-order valence-corrected chi connectivity index (χ3v) is 4.32. The van der Waals surface area contributed by atoms with Crippen LogP contribution in [0.15, 0.2) is 53.0 Å². The van der Waals surface area contributed by atoms with E-state index >= 15 is 0 Å². The molecule has 8 heteroatoms. The summed E-state index contributed by atoms with van der Waals surface area (Å²) in [5, 5.41) is 5.38. The number of rotatable bonds is 7.